The molecule has 6 aromatic rings. The van der Waals surface area contributed by atoms with E-state index in [1.165, 1.54) is 23.2 Å². The van der Waals surface area contributed by atoms with E-state index >= 15 is 0 Å². The van der Waals surface area contributed by atoms with Crippen molar-refractivity contribution in [2.24, 2.45) is 14.1 Å². The van der Waals surface area contributed by atoms with Crippen LogP contribution >= 0.6 is 0 Å². The Hall–Kier alpha value is -3.54. The highest BCUT2D eigenvalue weighted by Crippen LogP contribution is 2.38. The van der Waals surface area contributed by atoms with Gasteiger partial charge in [-0.2, -0.15) is 8.78 Å². The van der Waals surface area contributed by atoms with Crippen molar-refractivity contribution in [3.05, 3.63) is 72.1 Å². The summed E-state index contributed by atoms with van der Waals surface area (Å²) in [4.78, 5) is 0. The lowest BCUT2D eigenvalue weighted by Gasteiger charge is -2.11. The summed E-state index contributed by atoms with van der Waals surface area (Å²) in [5.41, 5.74) is 0.984. The van der Waals surface area contributed by atoms with Crippen LogP contribution in [-0.4, -0.2) is 9.13 Å². The average Bonchev–Trinajstić information content (AvgIpc) is 3.13. The van der Waals surface area contributed by atoms with Gasteiger partial charge in [-0.25, -0.2) is 8.78 Å². The predicted octanol–water partition coefficient (Wildman–Crippen LogP) is 6.69. The highest BCUT2D eigenvalue weighted by molar-refractivity contribution is 6.24. The van der Waals surface area contributed by atoms with Gasteiger partial charge in [-0.15, -0.1) is 0 Å². The molecule has 4 aromatic carbocycles. The van der Waals surface area contributed by atoms with Crippen LogP contribution in [0.1, 0.15) is 0 Å². The maximum absolute atomic E-state index is 14.2. The zero-order chi connectivity index (χ0) is 20.9. The molecule has 6 rings (SSSR count). The molecule has 0 aliphatic carbocycles. The van der Waals surface area contributed by atoms with E-state index in [2.05, 4.69) is 0 Å². The van der Waals surface area contributed by atoms with E-state index in [0.29, 0.717) is 11.0 Å². The Morgan fingerprint density at radius 3 is 1.07 bits per heavy atom. The first-order valence-corrected chi connectivity index (χ1v) is 9.44. The highest BCUT2D eigenvalue weighted by atomic mass is 19.2. The average molecular weight is 406 g/mol. The minimum absolute atomic E-state index is 0.235. The number of aryl methyl sites for hydroxylation is 2. The fraction of sp³-hybridized carbons (Fsp3) is 0.0833. The first-order valence-electron chi connectivity index (χ1n) is 9.44. The first-order chi connectivity index (χ1) is 14.4. The van der Waals surface area contributed by atoms with Crippen LogP contribution in [0.4, 0.5) is 17.6 Å². The van der Waals surface area contributed by atoms with Gasteiger partial charge >= 0.3 is 0 Å². The Kier molecular flexibility index (Phi) is 3.20. The normalized spacial score (nSPS) is 12.3. The van der Waals surface area contributed by atoms with Crippen LogP contribution in [0.25, 0.3) is 54.1 Å². The fourth-order valence-corrected chi connectivity index (χ4v) is 4.80. The van der Waals surface area contributed by atoms with Crippen molar-refractivity contribution in [2.75, 3.05) is 0 Å². The van der Waals surface area contributed by atoms with Crippen molar-refractivity contribution < 1.29 is 17.6 Å². The van der Waals surface area contributed by atoms with Gasteiger partial charge in [0.1, 0.15) is 0 Å². The molecule has 0 radical (unpaired) electrons. The summed E-state index contributed by atoms with van der Waals surface area (Å²) >= 11 is 0. The van der Waals surface area contributed by atoms with Gasteiger partial charge in [0.25, 0.3) is 0 Å². The van der Waals surface area contributed by atoms with Crippen LogP contribution in [0.5, 0.6) is 0 Å². The summed E-state index contributed by atoms with van der Waals surface area (Å²) in [5, 5.41) is 5.46. The number of fused-ring (bicyclic) bond motifs is 9. The third-order valence-corrected chi connectivity index (χ3v) is 6.23. The SMILES string of the molecule is Cn1c(F)c(F)c2ccc3c4ccc5c(ccc6c(F)c(F)n(C)c65)c4ccc3c21. The van der Waals surface area contributed by atoms with Crippen LogP contribution < -0.4 is 0 Å². The molecule has 30 heavy (non-hydrogen) atoms. The summed E-state index contributed by atoms with van der Waals surface area (Å²) in [5.74, 6) is -3.51. The van der Waals surface area contributed by atoms with Gasteiger partial charge in [0, 0.05) is 35.6 Å². The second-order valence-electron chi connectivity index (χ2n) is 7.67. The van der Waals surface area contributed by atoms with Gasteiger partial charge < -0.3 is 9.13 Å². The van der Waals surface area contributed by atoms with Crippen molar-refractivity contribution in [2.45, 2.75) is 0 Å². The summed E-state index contributed by atoms with van der Waals surface area (Å²) in [6, 6.07) is 14.2. The topological polar surface area (TPSA) is 9.86 Å². The number of halogens is 4. The molecule has 0 atom stereocenters. The predicted molar refractivity (Wildman–Crippen MR) is 112 cm³/mol. The fourth-order valence-electron chi connectivity index (χ4n) is 4.80. The third kappa shape index (κ3) is 1.89. The number of aromatic nitrogens is 2. The zero-order valence-electron chi connectivity index (χ0n) is 16.0. The standard InChI is InChI=1S/C24H14F4N2/c1-29-21-15-7-3-12-11(13(15)5-9-17(21)19(25)23(29)27)4-8-16-14(12)6-10-18-20(26)24(28)30(2)22(16)18/h3-10H,1-2H3. The molecule has 0 saturated heterocycles. The zero-order valence-corrected chi connectivity index (χ0v) is 16.0. The van der Waals surface area contributed by atoms with Crippen molar-refractivity contribution >= 4 is 54.1 Å². The summed E-state index contributed by atoms with van der Waals surface area (Å²) < 4.78 is 59.2. The molecule has 0 aliphatic heterocycles. The summed E-state index contributed by atoms with van der Waals surface area (Å²) in [7, 11) is 3.00. The van der Waals surface area contributed by atoms with Crippen LogP contribution in [0.15, 0.2) is 48.5 Å². The van der Waals surface area contributed by atoms with Crippen LogP contribution in [0.2, 0.25) is 0 Å². The molecule has 0 bridgehead atoms. The Morgan fingerprint density at radius 2 is 0.700 bits per heavy atom. The lowest BCUT2D eigenvalue weighted by molar-refractivity contribution is 0.466. The quantitative estimate of drug-likeness (QED) is 0.197. The van der Waals surface area contributed by atoms with Gasteiger partial charge in [-0.3, -0.25) is 0 Å². The Labute approximate surface area is 167 Å². The Morgan fingerprint density at radius 1 is 0.433 bits per heavy atom. The molecule has 0 N–H and O–H groups in total. The third-order valence-electron chi connectivity index (χ3n) is 6.23. The van der Waals surface area contributed by atoms with E-state index in [0.717, 1.165) is 32.3 Å². The maximum atomic E-state index is 14.2. The number of hydrogen-bond donors (Lipinski definition) is 0. The molecule has 148 valence electrons. The van der Waals surface area contributed by atoms with Crippen molar-refractivity contribution in [1.82, 2.24) is 9.13 Å². The first kappa shape index (κ1) is 17.3. The van der Waals surface area contributed by atoms with Gasteiger partial charge in [-0.05, 0) is 33.7 Å². The highest BCUT2D eigenvalue weighted by Gasteiger charge is 2.20. The largest absolute Gasteiger partial charge is 0.318 e. The van der Waals surface area contributed by atoms with Crippen molar-refractivity contribution in [1.29, 1.82) is 0 Å². The number of rotatable bonds is 0. The maximum Gasteiger partial charge on any atom is 0.230 e. The van der Waals surface area contributed by atoms with Crippen LogP contribution in [-0.2, 0) is 14.1 Å². The van der Waals surface area contributed by atoms with Gasteiger partial charge in [-0.1, -0.05) is 36.4 Å². The van der Waals surface area contributed by atoms with E-state index in [1.807, 2.05) is 24.3 Å². The Bertz CT molecular complexity index is 1580. The smallest absolute Gasteiger partial charge is 0.230 e. The van der Waals surface area contributed by atoms with E-state index < -0.39 is 23.5 Å². The van der Waals surface area contributed by atoms with E-state index in [1.54, 1.807) is 24.3 Å². The second kappa shape index (κ2) is 5.53. The number of nitrogens with zero attached hydrogens (tertiary/aromatic N) is 2. The number of benzene rings is 4. The van der Waals surface area contributed by atoms with Gasteiger partial charge in [0.2, 0.25) is 11.9 Å². The lowest BCUT2D eigenvalue weighted by atomic mass is 9.95. The van der Waals surface area contributed by atoms with E-state index in [9.17, 15) is 17.6 Å². The molecule has 0 spiro atoms. The van der Waals surface area contributed by atoms with Gasteiger partial charge in [0.05, 0.1) is 11.0 Å². The molecule has 2 nitrogen and oxygen atoms in total. The molecule has 0 unspecified atom stereocenters. The minimum atomic E-state index is -0.897. The molecular weight excluding hydrogens is 392 g/mol. The molecule has 6 heteroatoms. The molecule has 0 saturated carbocycles. The summed E-state index contributed by atoms with van der Waals surface area (Å²) in [6.45, 7) is 0. The van der Waals surface area contributed by atoms with Crippen LogP contribution in [0.3, 0.4) is 0 Å². The second-order valence-corrected chi connectivity index (χ2v) is 7.67. The Balaban J connectivity index is 1.80. The molecule has 0 amide bonds. The molecule has 2 heterocycles. The molecule has 2 aromatic heterocycles. The number of hydrogen-bond acceptors (Lipinski definition) is 0. The summed E-state index contributed by atoms with van der Waals surface area (Å²) in [6.07, 6.45) is 0. The van der Waals surface area contributed by atoms with E-state index in [-0.39, 0.29) is 10.8 Å². The monoisotopic (exact) mass is 406 g/mol. The van der Waals surface area contributed by atoms with Crippen LogP contribution in [0, 0.1) is 23.5 Å². The van der Waals surface area contributed by atoms with Crippen molar-refractivity contribution in [3.63, 3.8) is 0 Å². The minimum Gasteiger partial charge on any atom is -0.318 e. The lowest BCUT2D eigenvalue weighted by Crippen LogP contribution is -1.93. The van der Waals surface area contributed by atoms with Gasteiger partial charge in [0.15, 0.2) is 11.6 Å². The molecule has 0 fully saturated rings. The van der Waals surface area contributed by atoms with E-state index in [4.69, 9.17) is 0 Å². The molecular formula is C24H14F4N2. The molecule has 0 aliphatic rings. The van der Waals surface area contributed by atoms with Crippen molar-refractivity contribution in [3.8, 4) is 0 Å².